The van der Waals surface area contributed by atoms with Crippen LogP contribution in [-0.2, 0) is 16.0 Å². The van der Waals surface area contributed by atoms with Crippen molar-refractivity contribution in [3.05, 3.63) is 29.8 Å². The first kappa shape index (κ1) is 12.9. The second kappa shape index (κ2) is 6.40. The molecule has 0 radical (unpaired) electrons. The van der Waals surface area contributed by atoms with E-state index in [9.17, 15) is 4.79 Å². The van der Waals surface area contributed by atoms with E-state index in [2.05, 4.69) is 5.32 Å². The summed E-state index contributed by atoms with van der Waals surface area (Å²) >= 11 is 0. The van der Waals surface area contributed by atoms with Crippen LogP contribution in [0.25, 0.3) is 0 Å². The van der Waals surface area contributed by atoms with Crippen LogP contribution in [0.4, 0.5) is 0 Å². The first-order valence-electron chi connectivity index (χ1n) is 6.32. The standard InChI is InChI=1S/C14H19NO3/c1-17-12-6-3-2-5-11(12)8-9-15-14(16)13-7-4-10-18-13/h2-3,5-6,13H,4,7-10H2,1H3,(H,15,16)/t13-/m1/s1. The fourth-order valence-electron chi connectivity index (χ4n) is 2.13. The normalized spacial score (nSPS) is 18.6. The van der Waals surface area contributed by atoms with E-state index in [4.69, 9.17) is 9.47 Å². The van der Waals surface area contributed by atoms with Crippen molar-refractivity contribution in [3.63, 3.8) is 0 Å². The highest BCUT2D eigenvalue weighted by Gasteiger charge is 2.22. The Morgan fingerprint density at radius 2 is 2.33 bits per heavy atom. The Morgan fingerprint density at radius 1 is 1.50 bits per heavy atom. The molecule has 0 saturated carbocycles. The fraction of sp³-hybridized carbons (Fsp3) is 0.500. The summed E-state index contributed by atoms with van der Waals surface area (Å²) in [6.07, 6.45) is 2.33. The summed E-state index contributed by atoms with van der Waals surface area (Å²) in [5, 5.41) is 2.90. The van der Waals surface area contributed by atoms with Crippen LogP contribution in [0.15, 0.2) is 24.3 Å². The molecule has 1 amide bonds. The molecule has 4 nitrogen and oxygen atoms in total. The van der Waals surface area contributed by atoms with Crippen LogP contribution in [0.5, 0.6) is 5.75 Å². The number of ether oxygens (including phenoxy) is 2. The molecule has 1 N–H and O–H groups in total. The lowest BCUT2D eigenvalue weighted by Crippen LogP contribution is -2.35. The van der Waals surface area contributed by atoms with Crippen molar-refractivity contribution in [2.75, 3.05) is 20.3 Å². The van der Waals surface area contributed by atoms with Crippen molar-refractivity contribution in [1.29, 1.82) is 0 Å². The van der Waals surface area contributed by atoms with Gasteiger partial charge in [0.25, 0.3) is 0 Å². The molecule has 0 aromatic heterocycles. The molecule has 0 spiro atoms. The summed E-state index contributed by atoms with van der Waals surface area (Å²) in [7, 11) is 1.66. The average Bonchev–Trinajstić information content (AvgIpc) is 2.93. The van der Waals surface area contributed by atoms with Gasteiger partial charge in [0.1, 0.15) is 11.9 Å². The monoisotopic (exact) mass is 249 g/mol. The van der Waals surface area contributed by atoms with E-state index < -0.39 is 0 Å². The Bertz CT molecular complexity index is 400. The lowest BCUT2D eigenvalue weighted by molar-refractivity contribution is -0.129. The van der Waals surface area contributed by atoms with Gasteiger partial charge in [-0.15, -0.1) is 0 Å². The molecule has 0 aliphatic carbocycles. The predicted octanol–water partition coefficient (Wildman–Crippen LogP) is 1.53. The Morgan fingerprint density at radius 3 is 3.06 bits per heavy atom. The molecule has 1 aromatic carbocycles. The van der Waals surface area contributed by atoms with Crippen LogP contribution in [0, 0.1) is 0 Å². The first-order valence-corrected chi connectivity index (χ1v) is 6.32. The van der Waals surface area contributed by atoms with Gasteiger partial charge in [0.05, 0.1) is 7.11 Å². The Balaban J connectivity index is 1.79. The van der Waals surface area contributed by atoms with E-state index in [1.165, 1.54) is 0 Å². The van der Waals surface area contributed by atoms with Crippen LogP contribution in [0.3, 0.4) is 0 Å². The number of hydrogen-bond acceptors (Lipinski definition) is 3. The molecular weight excluding hydrogens is 230 g/mol. The molecular formula is C14H19NO3. The van der Waals surface area contributed by atoms with Crippen molar-refractivity contribution >= 4 is 5.91 Å². The molecule has 98 valence electrons. The lowest BCUT2D eigenvalue weighted by Gasteiger charge is -2.11. The van der Waals surface area contributed by atoms with Crippen LogP contribution < -0.4 is 10.1 Å². The van der Waals surface area contributed by atoms with Gasteiger partial charge in [-0.05, 0) is 30.9 Å². The molecule has 1 aliphatic rings. The lowest BCUT2D eigenvalue weighted by atomic mass is 10.1. The van der Waals surface area contributed by atoms with E-state index in [0.29, 0.717) is 13.2 Å². The van der Waals surface area contributed by atoms with E-state index in [1.54, 1.807) is 7.11 Å². The molecule has 1 saturated heterocycles. The number of hydrogen-bond donors (Lipinski definition) is 1. The number of amides is 1. The minimum atomic E-state index is -0.248. The first-order chi connectivity index (χ1) is 8.81. The van der Waals surface area contributed by atoms with Crippen molar-refractivity contribution in [3.8, 4) is 5.75 Å². The zero-order chi connectivity index (χ0) is 12.8. The summed E-state index contributed by atoms with van der Waals surface area (Å²) in [4.78, 5) is 11.7. The summed E-state index contributed by atoms with van der Waals surface area (Å²) in [5.74, 6) is 0.867. The van der Waals surface area contributed by atoms with Crippen molar-refractivity contribution in [2.24, 2.45) is 0 Å². The van der Waals surface area contributed by atoms with Gasteiger partial charge in [0.15, 0.2) is 0 Å². The largest absolute Gasteiger partial charge is 0.496 e. The molecule has 1 aliphatic heterocycles. The van der Waals surface area contributed by atoms with Gasteiger partial charge in [-0.2, -0.15) is 0 Å². The highest BCUT2D eigenvalue weighted by atomic mass is 16.5. The third-order valence-corrected chi connectivity index (χ3v) is 3.11. The third-order valence-electron chi connectivity index (χ3n) is 3.11. The molecule has 0 unspecified atom stereocenters. The molecule has 1 fully saturated rings. The van der Waals surface area contributed by atoms with Crippen molar-refractivity contribution < 1.29 is 14.3 Å². The summed E-state index contributed by atoms with van der Waals surface area (Å²) in [6.45, 7) is 1.31. The SMILES string of the molecule is COc1ccccc1CCNC(=O)[C@H]1CCCO1. The van der Waals surface area contributed by atoms with Gasteiger partial charge in [0, 0.05) is 13.2 Å². The van der Waals surface area contributed by atoms with Crippen LogP contribution in [0.2, 0.25) is 0 Å². The minimum Gasteiger partial charge on any atom is -0.496 e. The number of para-hydroxylation sites is 1. The highest BCUT2D eigenvalue weighted by molar-refractivity contribution is 5.80. The molecule has 18 heavy (non-hydrogen) atoms. The molecule has 4 heteroatoms. The Hall–Kier alpha value is -1.55. The highest BCUT2D eigenvalue weighted by Crippen LogP contribution is 2.17. The maximum Gasteiger partial charge on any atom is 0.249 e. The number of rotatable bonds is 5. The molecule has 1 heterocycles. The second-order valence-electron chi connectivity index (χ2n) is 4.35. The number of benzene rings is 1. The van der Waals surface area contributed by atoms with Gasteiger partial charge < -0.3 is 14.8 Å². The third kappa shape index (κ3) is 3.23. The number of carbonyl (C=O) groups is 1. The zero-order valence-electron chi connectivity index (χ0n) is 10.6. The average molecular weight is 249 g/mol. The van der Waals surface area contributed by atoms with E-state index >= 15 is 0 Å². The van der Waals surface area contributed by atoms with Crippen molar-refractivity contribution in [1.82, 2.24) is 5.32 Å². The number of methoxy groups -OCH3 is 1. The van der Waals surface area contributed by atoms with Crippen LogP contribution in [-0.4, -0.2) is 32.3 Å². The van der Waals surface area contributed by atoms with Gasteiger partial charge >= 0.3 is 0 Å². The van der Waals surface area contributed by atoms with E-state index in [-0.39, 0.29) is 12.0 Å². The van der Waals surface area contributed by atoms with Crippen LogP contribution >= 0.6 is 0 Å². The van der Waals surface area contributed by atoms with Gasteiger partial charge in [-0.3, -0.25) is 4.79 Å². The fourth-order valence-corrected chi connectivity index (χ4v) is 2.13. The predicted molar refractivity (Wildman–Crippen MR) is 68.7 cm³/mol. The second-order valence-corrected chi connectivity index (χ2v) is 4.35. The smallest absolute Gasteiger partial charge is 0.249 e. The van der Waals surface area contributed by atoms with Gasteiger partial charge in [-0.25, -0.2) is 0 Å². The Labute approximate surface area is 107 Å². The maximum atomic E-state index is 11.7. The summed E-state index contributed by atoms with van der Waals surface area (Å²) in [5.41, 5.74) is 1.10. The minimum absolute atomic E-state index is 0.00222. The van der Waals surface area contributed by atoms with Crippen LogP contribution in [0.1, 0.15) is 18.4 Å². The van der Waals surface area contributed by atoms with Gasteiger partial charge in [0.2, 0.25) is 5.91 Å². The topological polar surface area (TPSA) is 47.6 Å². The molecule has 1 atom stereocenters. The Kier molecular flexibility index (Phi) is 4.59. The maximum absolute atomic E-state index is 11.7. The molecule has 1 aromatic rings. The molecule has 0 bridgehead atoms. The van der Waals surface area contributed by atoms with Gasteiger partial charge in [-0.1, -0.05) is 18.2 Å². The summed E-state index contributed by atoms with van der Waals surface area (Å²) in [6, 6.07) is 7.85. The van der Waals surface area contributed by atoms with E-state index in [1.807, 2.05) is 24.3 Å². The number of carbonyl (C=O) groups excluding carboxylic acids is 1. The van der Waals surface area contributed by atoms with Crippen molar-refractivity contribution in [2.45, 2.75) is 25.4 Å². The number of nitrogens with one attached hydrogen (secondary N) is 1. The van der Waals surface area contributed by atoms with E-state index in [0.717, 1.165) is 30.6 Å². The molecule has 2 rings (SSSR count). The zero-order valence-corrected chi connectivity index (χ0v) is 10.6. The summed E-state index contributed by atoms with van der Waals surface area (Å²) < 4.78 is 10.6. The quantitative estimate of drug-likeness (QED) is 0.861.